The number of benzene rings is 1. The number of thioether (sulfide) groups is 1. The van der Waals surface area contributed by atoms with Crippen molar-refractivity contribution in [1.29, 1.82) is 0 Å². The van der Waals surface area contributed by atoms with Crippen molar-refractivity contribution in [2.75, 3.05) is 6.54 Å². The van der Waals surface area contributed by atoms with E-state index in [1.165, 1.54) is 11.8 Å². The maximum absolute atomic E-state index is 11.8. The number of aromatic nitrogens is 4. The highest BCUT2D eigenvalue weighted by Crippen LogP contribution is 2.23. The molecule has 0 aliphatic carbocycles. The first-order chi connectivity index (χ1) is 10.1. The summed E-state index contributed by atoms with van der Waals surface area (Å²) in [5, 5.41) is 14.5. The Balaban J connectivity index is 2.14. The fourth-order valence-electron chi connectivity index (χ4n) is 1.67. The van der Waals surface area contributed by atoms with E-state index in [2.05, 4.69) is 26.8 Å². The second-order valence-corrected chi connectivity index (χ2v) is 5.70. The van der Waals surface area contributed by atoms with E-state index >= 15 is 0 Å². The number of carbonyl (C=O) groups excluding carboxylic acids is 1. The predicted octanol–water partition coefficient (Wildman–Crippen LogP) is 1.20. The Morgan fingerprint density at radius 3 is 3.10 bits per heavy atom. The number of terminal acetylenes is 1. The molecule has 1 amide bonds. The van der Waals surface area contributed by atoms with Crippen molar-refractivity contribution in [2.24, 2.45) is 0 Å². The zero-order valence-electron chi connectivity index (χ0n) is 11.8. The van der Waals surface area contributed by atoms with Gasteiger partial charge in [-0.15, -0.1) is 11.5 Å². The van der Waals surface area contributed by atoms with Crippen LogP contribution in [0.2, 0.25) is 0 Å². The smallest absolute Gasteiger partial charge is 0.234 e. The molecule has 0 radical (unpaired) electrons. The van der Waals surface area contributed by atoms with Crippen molar-refractivity contribution in [3.05, 3.63) is 29.8 Å². The van der Waals surface area contributed by atoms with Crippen molar-refractivity contribution in [2.45, 2.75) is 24.3 Å². The topological polar surface area (TPSA) is 72.7 Å². The maximum Gasteiger partial charge on any atom is 0.234 e. The molecule has 1 unspecified atom stereocenters. The maximum atomic E-state index is 11.8. The number of hydrogen-bond acceptors (Lipinski definition) is 5. The Bertz CT molecular complexity index is 676. The van der Waals surface area contributed by atoms with Gasteiger partial charge in [0.2, 0.25) is 11.1 Å². The SMILES string of the molecule is C#CCNC(=O)C(C)Sc1nnnn1-c1cccc(C)c1. The lowest BCUT2D eigenvalue weighted by Gasteiger charge is -2.10. The highest BCUT2D eigenvalue weighted by Gasteiger charge is 2.18. The quantitative estimate of drug-likeness (QED) is 0.663. The molecule has 7 heteroatoms. The number of amides is 1. The summed E-state index contributed by atoms with van der Waals surface area (Å²) >= 11 is 1.28. The minimum atomic E-state index is -0.340. The average Bonchev–Trinajstić information content (AvgIpc) is 2.92. The van der Waals surface area contributed by atoms with Crippen LogP contribution in [0.3, 0.4) is 0 Å². The molecule has 6 nitrogen and oxygen atoms in total. The van der Waals surface area contributed by atoms with Crippen LogP contribution in [0.25, 0.3) is 5.69 Å². The molecule has 0 saturated carbocycles. The summed E-state index contributed by atoms with van der Waals surface area (Å²) < 4.78 is 1.61. The van der Waals surface area contributed by atoms with E-state index in [1.54, 1.807) is 11.6 Å². The largest absolute Gasteiger partial charge is 0.344 e. The number of nitrogens with zero attached hydrogens (tertiary/aromatic N) is 4. The van der Waals surface area contributed by atoms with Gasteiger partial charge in [-0.2, -0.15) is 4.68 Å². The zero-order valence-corrected chi connectivity index (χ0v) is 12.6. The monoisotopic (exact) mass is 301 g/mol. The van der Waals surface area contributed by atoms with Gasteiger partial charge in [0.1, 0.15) is 0 Å². The second kappa shape index (κ2) is 6.90. The first-order valence-corrected chi connectivity index (χ1v) is 7.23. The van der Waals surface area contributed by atoms with Gasteiger partial charge in [-0.25, -0.2) is 0 Å². The van der Waals surface area contributed by atoms with E-state index in [9.17, 15) is 4.79 Å². The summed E-state index contributed by atoms with van der Waals surface area (Å²) in [4.78, 5) is 11.8. The average molecular weight is 301 g/mol. The minimum absolute atomic E-state index is 0.142. The van der Waals surface area contributed by atoms with Gasteiger partial charge in [0.05, 0.1) is 17.5 Å². The van der Waals surface area contributed by atoms with Crippen molar-refractivity contribution >= 4 is 17.7 Å². The molecule has 1 N–H and O–H groups in total. The molecule has 1 atom stereocenters. The Morgan fingerprint density at radius 2 is 2.38 bits per heavy atom. The van der Waals surface area contributed by atoms with Gasteiger partial charge in [-0.1, -0.05) is 29.8 Å². The van der Waals surface area contributed by atoms with Gasteiger partial charge < -0.3 is 5.32 Å². The fourth-order valence-corrected chi connectivity index (χ4v) is 2.50. The highest BCUT2D eigenvalue weighted by molar-refractivity contribution is 8.00. The normalized spacial score (nSPS) is 11.7. The number of rotatable bonds is 5. The predicted molar refractivity (Wildman–Crippen MR) is 81.1 cm³/mol. The highest BCUT2D eigenvalue weighted by atomic mass is 32.2. The lowest BCUT2D eigenvalue weighted by molar-refractivity contribution is -0.120. The molecule has 1 aromatic carbocycles. The minimum Gasteiger partial charge on any atom is -0.344 e. The van der Waals surface area contributed by atoms with E-state index in [1.807, 2.05) is 31.2 Å². The van der Waals surface area contributed by atoms with Gasteiger partial charge in [-0.3, -0.25) is 4.79 Å². The van der Waals surface area contributed by atoms with Crippen molar-refractivity contribution in [1.82, 2.24) is 25.5 Å². The van der Waals surface area contributed by atoms with Crippen molar-refractivity contribution < 1.29 is 4.79 Å². The number of carbonyl (C=O) groups is 1. The summed E-state index contributed by atoms with van der Waals surface area (Å²) in [6, 6.07) is 7.82. The molecule has 0 bridgehead atoms. The molecule has 0 aliphatic rings. The van der Waals surface area contributed by atoms with Crippen LogP contribution in [-0.4, -0.2) is 37.9 Å². The number of hydrogen-bond donors (Lipinski definition) is 1. The van der Waals surface area contributed by atoms with Crippen LogP contribution in [0.15, 0.2) is 29.4 Å². The van der Waals surface area contributed by atoms with E-state index in [-0.39, 0.29) is 17.7 Å². The molecular formula is C14H15N5OS. The third-order valence-electron chi connectivity index (χ3n) is 2.70. The zero-order chi connectivity index (χ0) is 15.2. The van der Waals surface area contributed by atoms with Gasteiger partial charge >= 0.3 is 0 Å². The number of nitrogens with one attached hydrogen (secondary N) is 1. The second-order valence-electron chi connectivity index (χ2n) is 4.39. The lowest BCUT2D eigenvalue weighted by Crippen LogP contribution is -2.31. The Kier molecular flexibility index (Phi) is 4.95. The fraction of sp³-hybridized carbons (Fsp3) is 0.286. The van der Waals surface area contributed by atoms with Crippen LogP contribution in [-0.2, 0) is 4.79 Å². The summed E-state index contributed by atoms with van der Waals surface area (Å²) in [7, 11) is 0. The Morgan fingerprint density at radius 1 is 1.57 bits per heavy atom. The molecule has 2 rings (SSSR count). The molecule has 2 aromatic rings. The van der Waals surface area contributed by atoms with Crippen LogP contribution in [0, 0.1) is 19.3 Å². The van der Waals surface area contributed by atoms with Crippen molar-refractivity contribution in [3.63, 3.8) is 0 Å². The molecule has 0 saturated heterocycles. The first-order valence-electron chi connectivity index (χ1n) is 6.35. The summed E-state index contributed by atoms with van der Waals surface area (Å²) in [6.45, 7) is 3.99. The molecule has 108 valence electrons. The van der Waals surface area contributed by atoms with Crippen LogP contribution in [0.1, 0.15) is 12.5 Å². The first kappa shape index (κ1) is 15.1. The van der Waals surface area contributed by atoms with Crippen molar-refractivity contribution in [3.8, 4) is 18.0 Å². The molecule has 1 heterocycles. The van der Waals surface area contributed by atoms with E-state index in [0.717, 1.165) is 11.3 Å². The third-order valence-corrected chi connectivity index (χ3v) is 3.74. The van der Waals surface area contributed by atoms with Gasteiger partial charge in [0.25, 0.3) is 0 Å². The molecule has 0 aliphatic heterocycles. The summed E-state index contributed by atoms with van der Waals surface area (Å²) in [5.74, 6) is 2.23. The standard InChI is InChI=1S/C14H15N5OS/c1-4-8-15-13(20)11(3)21-14-16-17-18-19(14)12-7-5-6-10(2)9-12/h1,5-7,9,11H,8H2,2-3H3,(H,15,20). The molecule has 0 spiro atoms. The molecule has 1 aromatic heterocycles. The molecule has 0 fully saturated rings. The third kappa shape index (κ3) is 3.83. The van der Waals surface area contributed by atoms with Gasteiger partial charge in [0.15, 0.2) is 0 Å². The molecule has 21 heavy (non-hydrogen) atoms. The number of tetrazole rings is 1. The Hall–Kier alpha value is -2.33. The Labute approximate surface area is 127 Å². The summed E-state index contributed by atoms with van der Waals surface area (Å²) in [5.41, 5.74) is 1.97. The van der Waals surface area contributed by atoms with E-state index in [0.29, 0.717) is 5.16 Å². The van der Waals surface area contributed by atoms with Crippen LogP contribution in [0.4, 0.5) is 0 Å². The molecular weight excluding hydrogens is 286 g/mol. The summed E-state index contributed by atoms with van der Waals surface area (Å²) in [6.07, 6.45) is 5.12. The number of aryl methyl sites for hydroxylation is 1. The van der Waals surface area contributed by atoms with Gasteiger partial charge in [-0.05, 0) is 42.0 Å². The van der Waals surface area contributed by atoms with Crippen LogP contribution in [0.5, 0.6) is 0 Å². The van der Waals surface area contributed by atoms with Gasteiger partial charge in [0, 0.05) is 0 Å². The van der Waals surface area contributed by atoms with E-state index in [4.69, 9.17) is 6.42 Å². The van der Waals surface area contributed by atoms with E-state index < -0.39 is 0 Å². The van der Waals surface area contributed by atoms with Crippen LogP contribution < -0.4 is 5.32 Å². The van der Waals surface area contributed by atoms with Crippen LogP contribution >= 0.6 is 11.8 Å². The lowest BCUT2D eigenvalue weighted by atomic mass is 10.2.